The van der Waals surface area contributed by atoms with Crippen molar-refractivity contribution in [1.82, 2.24) is 19.8 Å². The second-order valence-corrected chi connectivity index (χ2v) is 7.62. The van der Waals surface area contributed by atoms with Gasteiger partial charge in [0.1, 0.15) is 11.5 Å². The van der Waals surface area contributed by atoms with E-state index in [2.05, 4.69) is 14.9 Å². The molecule has 3 rings (SSSR count). The number of likely N-dealkylation sites (tertiary alicyclic amines) is 1. The van der Waals surface area contributed by atoms with E-state index in [0.717, 1.165) is 50.9 Å². The molecular weight excluding hydrogens is 316 g/mol. The molecule has 0 radical (unpaired) electrons. The number of piperidine rings is 1. The second kappa shape index (κ2) is 7.50. The van der Waals surface area contributed by atoms with Gasteiger partial charge in [-0.2, -0.15) is 0 Å². The van der Waals surface area contributed by atoms with Gasteiger partial charge in [0.2, 0.25) is 5.91 Å². The fourth-order valence-electron chi connectivity index (χ4n) is 3.71. The third-order valence-corrected chi connectivity index (χ3v) is 5.30. The second-order valence-electron chi connectivity index (χ2n) is 7.62. The normalized spacial score (nSPS) is 20.9. The molecule has 1 saturated heterocycles. The monoisotopic (exact) mass is 344 g/mol. The van der Waals surface area contributed by atoms with Gasteiger partial charge in [-0.05, 0) is 51.0 Å². The minimum absolute atomic E-state index is 0.0998. The lowest BCUT2D eigenvalue weighted by Crippen LogP contribution is -2.45. The van der Waals surface area contributed by atoms with E-state index in [0.29, 0.717) is 23.3 Å². The predicted molar refractivity (Wildman–Crippen MR) is 95.1 cm³/mol. The summed E-state index contributed by atoms with van der Waals surface area (Å²) < 4.78 is 0. The highest BCUT2D eigenvalue weighted by Crippen LogP contribution is 2.30. The number of carbonyl (C=O) groups excluding carboxylic acids is 2. The van der Waals surface area contributed by atoms with E-state index in [1.54, 1.807) is 14.1 Å². The highest BCUT2D eigenvalue weighted by atomic mass is 16.2. The molecule has 1 saturated carbocycles. The molecule has 0 unspecified atom stereocenters. The highest BCUT2D eigenvalue weighted by molar-refractivity contribution is 5.92. The molecule has 0 aromatic carbocycles. The molecular formula is C19H28N4O2. The average Bonchev–Trinajstić information content (AvgIpc) is 2.52. The summed E-state index contributed by atoms with van der Waals surface area (Å²) >= 11 is 0. The zero-order chi connectivity index (χ0) is 18.0. The van der Waals surface area contributed by atoms with Gasteiger partial charge in [0, 0.05) is 38.8 Å². The van der Waals surface area contributed by atoms with Crippen LogP contribution in [0.1, 0.15) is 54.1 Å². The summed E-state index contributed by atoms with van der Waals surface area (Å²) in [4.78, 5) is 37.1. The molecule has 1 aliphatic carbocycles. The molecule has 6 nitrogen and oxygen atoms in total. The van der Waals surface area contributed by atoms with Crippen molar-refractivity contribution in [2.45, 2.75) is 45.4 Å². The fourth-order valence-corrected chi connectivity index (χ4v) is 3.71. The van der Waals surface area contributed by atoms with E-state index in [4.69, 9.17) is 0 Å². The van der Waals surface area contributed by atoms with Crippen LogP contribution < -0.4 is 0 Å². The van der Waals surface area contributed by atoms with E-state index in [1.165, 1.54) is 11.3 Å². The molecule has 1 atom stereocenters. The van der Waals surface area contributed by atoms with Crippen molar-refractivity contribution in [1.29, 1.82) is 0 Å². The predicted octanol–water partition coefficient (Wildman–Crippen LogP) is 2.07. The van der Waals surface area contributed by atoms with E-state index >= 15 is 0 Å². The van der Waals surface area contributed by atoms with Gasteiger partial charge in [-0.15, -0.1) is 0 Å². The number of nitrogens with zero attached hydrogens (tertiary/aromatic N) is 4. The summed E-state index contributed by atoms with van der Waals surface area (Å²) in [6.45, 7) is 3.53. The molecule has 2 amide bonds. The van der Waals surface area contributed by atoms with E-state index in [1.807, 2.05) is 13.0 Å². The van der Waals surface area contributed by atoms with Gasteiger partial charge in [0.25, 0.3) is 5.91 Å². The summed E-state index contributed by atoms with van der Waals surface area (Å²) in [5.41, 5.74) is 1.35. The Bertz CT molecular complexity index is 655. The highest BCUT2D eigenvalue weighted by Gasteiger charge is 2.32. The Hall–Kier alpha value is -1.98. The number of hydrogen-bond acceptors (Lipinski definition) is 4. The molecule has 2 heterocycles. The van der Waals surface area contributed by atoms with Crippen molar-refractivity contribution in [3.05, 3.63) is 23.3 Å². The summed E-state index contributed by atoms with van der Waals surface area (Å²) in [7, 11) is 3.45. The first-order chi connectivity index (χ1) is 11.9. The average molecular weight is 344 g/mol. The van der Waals surface area contributed by atoms with Gasteiger partial charge in [0.15, 0.2) is 0 Å². The van der Waals surface area contributed by atoms with Gasteiger partial charge in [0.05, 0.1) is 0 Å². The first kappa shape index (κ1) is 17.8. The zero-order valence-electron chi connectivity index (χ0n) is 15.5. The van der Waals surface area contributed by atoms with Crippen LogP contribution in [0.4, 0.5) is 0 Å². The molecule has 0 bridgehead atoms. The van der Waals surface area contributed by atoms with Crippen molar-refractivity contribution in [3.63, 3.8) is 0 Å². The van der Waals surface area contributed by atoms with Gasteiger partial charge < -0.3 is 9.80 Å². The van der Waals surface area contributed by atoms with E-state index in [9.17, 15) is 9.59 Å². The number of carbonyl (C=O) groups is 2. The Kier molecular flexibility index (Phi) is 5.35. The molecule has 1 aliphatic heterocycles. The lowest BCUT2D eigenvalue weighted by atomic mass is 9.83. The minimum atomic E-state index is -0.0998. The topological polar surface area (TPSA) is 66.4 Å². The minimum Gasteiger partial charge on any atom is -0.343 e. The van der Waals surface area contributed by atoms with Crippen LogP contribution in [-0.4, -0.2) is 58.8 Å². The number of hydrogen-bond donors (Lipinski definition) is 0. The SMILES string of the molecule is Cc1nc(C[C@H]2CCCN(C(=O)C3CCC3)C2)cc(C(=O)N(C)C)n1. The lowest BCUT2D eigenvalue weighted by Gasteiger charge is -2.37. The maximum absolute atomic E-state index is 12.5. The van der Waals surface area contributed by atoms with Crippen LogP contribution in [0.5, 0.6) is 0 Å². The standard InChI is InChI=1S/C19H28N4O2/c1-13-20-16(11-17(21-13)19(25)22(2)3)10-14-6-5-9-23(12-14)18(24)15-7-4-8-15/h11,14-15H,4-10,12H2,1-3H3/t14-/m1/s1. The molecule has 0 N–H and O–H groups in total. The smallest absolute Gasteiger partial charge is 0.272 e. The molecule has 2 aliphatic rings. The van der Waals surface area contributed by atoms with Crippen LogP contribution in [0.3, 0.4) is 0 Å². The van der Waals surface area contributed by atoms with Crippen molar-refractivity contribution < 1.29 is 9.59 Å². The zero-order valence-corrected chi connectivity index (χ0v) is 15.5. The van der Waals surface area contributed by atoms with Crippen molar-refractivity contribution in [2.75, 3.05) is 27.2 Å². The Morgan fingerprint density at radius 3 is 2.60 bits per heavy atom. The Balaban J connectivity index is 1.67. The summed E-state index contributed by atoms with van der Waals surface area (Å²) in [6, 6.07) is 1.81. The van der Waals surface area contributed by atoms with Crippen LogP contribution in [0, 0.1) is 18.8 Å². The largest absolute Gasteiger partial charge is 0.343 e. The summed E-state index contributed by atoms with van der Waals surface area (Å²) in [5.74, 6) is 1.55. The van der Waals surface area contributed by atoms with E-state index in [-0.39, 0.29) is 11.8 Å². The summed E-state index contributed by atoms with van der Waals surface area (Å²) in [5, 5.41) is 0. The van der Waals surface area contributed by atoms with Crippen LogP contribution in [0.25, 0.3) is 0 Å². The van der Waals surface area contributed by atoms with Crippen LogP contribution in [0.15, 0.2) is 6.07 Å². The first-order valence-electron chi connectivity index (χ1n) is 9.29. The Labute approximate surface area is 149 Å². The number of rotatable bonds is 4. The molecule has 6 heteroatoms. The third kappa shape index (κ3) is 4.17. The molecule has 1 aromatic heterocycles. The number of aromatic nitrogens is 2. The Morgan fingerprint density at radius 2 is 1.96 bits per heavy atom. The molecule has 0 spiro atoms. The van der Waals surface area contributed by atoms with Gasteiger partial charge in [-0.3, -0.25) is 9.59 Å². The van der Waals surface area contributed by atoms with Crippen LogP contribution in [0.2, 0.25) is 0 Å². The van der Waals surface area contributed by atoms with Gasteiger partial charge >= 0.3 is 0 Å². The molecule has 25 heavy (non-hydrogen) atoms. The van der Waals surface area contributed by atoms with Crippen LogP contribution >= 0.6 is 0 Å². The fraction of sp³-hybridized carbons (Fsp3) is 0.684. The first-order valence-corrected chi connectivity index (χ1v) is 9.29. The maximum atomic E-state index is 12.5. The quantitative estimate of drug-likeness (QED) is 0.839. The summed E-state index contributed by atoms with van der Waals surface area (Å²) in [6.07, 6.45) is 6.26. The third-order valence-electron chi connectivity index (χ3n) is 5.30. The van der Waals surface area contributed by atoms with Crippen LogP contribution in [-0.2, 0) is 11.2 Å². The van der Waals surface area contributed by atoms with Gasteiger partial charge in [-0.1, -0.05) is 6.42 Å². The molecule has 2 fully saturated rings. The lowest BCUT2D eigenvalue weighted by molar-refractivity contribution is -0.140. The van der Waals surface area contributed by atoms with Crippen molar-refractivity contribution in [2.24, 2.45) is 11.8 Å². The maximum Gasteiger partial charge on any atom is 0.272 e. The van der Waals surface area contributed by atoms with Crippen molar-refractivity contribution in [3.8, 4) is 0 Å². The van der Waals surface area contributed by atoms with E-state index < -0.39 is 0 Å². The Morgan fingerprint density at radius 1 is 1.20 bits per heavy atom. The molecule has 136 valence electrons. The van der Waals surface area contributed by atoms with Crippen molar-refractivity contribution >= 4 is 11.8 Å². The number of amides is 2. The molecule has 1 aromatic rings. The van der Waals surface area contributed by atoms with Gasteiger partial charge in [-0.25, -0.2) is 9.97 Å². The number of aryl methyl sites for hydroxylation is 1.